The van der Waals surface area contributed by atoms with Crippen molar-refractivity contribution in [1.82, 2.24) is 29.7 Å². The van der Waals surface area contributed by atoms with Gasteiger partial charge in [-0.1, -0.05) is 81.3 Å². The molecule has 2 saturated heterocycles. The smallest absolute Gasteiger partial charge is 0.657 e. The van der Waals surface area contributed by atoms with Crippen molar-refractivity contribution in [2.75, 3.05) is 26.2 Å². The molecule has 55 heavy (non-hydrogen) atoms. The summed E-state index contributed by atoms with van der Waals surface area (Å²) in [7, 11) is 0. The van der Waals surface area contributed by atoms with Gasteiger partial charge in [-0.25, -0.2) is 9.97 Å². The minimum absolute atomic E-state index is 0. The molecule has 8 bridgehead atoms. The molecule has 4 aliphatic heterocycles. The summed E-state index contributed by atoms with van der Waals surface area (Å²) in [5, 5.41) is 0. The van der Waals surface area contributed by atoms with Crippen molar-refractivity contribution >= 4 is 46.4 Å². The maximum atomic E-state index is 5.61. The first-order valence-electron chi connectivity index (χ1n) is 20.2. The van der Waals surface area contributed by atoms with E-state index in [4.69, 9.17) is 19.9 Å². The van der Waals surface area contributed by atoms with Crippen LogP contribution in [0.25, 0.3) is 68.8 Å². The van der Waals surface area contributed by atoms with Crippen LogP contribution in [-0.2, 0) is 23.6 Å². The number of hydrogen-bond donors (Lipinski definition) is 0. The van der Waals surface area contributed by atoms with Gasteiger partial charge in [0.2, 0.25) is 5.69 Å². The number of benzene rings is 1. The molecule has 5 aromatic rings. The Morgan fingerprint density at radius 2 is 1.09 bits per heavy atom. The van der Waals surface area contributed by atoms with Crippen LogP contribution in [0.5, 0.6) is 0 Å². The summed E-state index contributed by atoms with van der Waals surface area (Å²) in [6, 6.07) is 26.4. The predicted octanol–water partition coefficient (Wildman–Crippen LogP) is 9.65. The third-order valence-electron chi connectivity index (χ3n) is 12.0. The van der Waals surface area contributed by atoms with E-state index < -0.39 is 0 Å². The molecule has 4 aliphatic rings. The van der Waals surface area contributed by atoms with Gasteiger partial charge in [0.15, 0.2) is 6.20 Å². The summed E-state index contributed by atoms with van der Waals surface area (Å²) in [4.78, 5) is 27.4. The molecule has 2 unspecified atom stereocenters. The molecule has 8 heteroatoms. The Kier molecular flexibility index (Phi) is 11.0. The van der Waals surface area contributed by atoms with Gasteiger partial charge in [0.25, 0.3) is 0 Å². The molecular formula is C47H50MnN7+. The van der Waals surface area contributed by atoms with E-state index in [1.54, 1.807) is 0 Å². The summed E-state index contributed by atoms with van der Waals surface area (Å²) in [5.41, 5.74) is 14.5. The summed E-state index contributed by atoms with van der Waals surface area (Å²) >= 11 is 0. The Labute approximate surface area is 335 Å². The summed E-state index contributed by atoms with van der Waals surface area (Å²) < 4.78 is 2.29. The van der Waals surface area contributed by atoms with Gasteiger partial charge in [0.1, 0.15) is 6.54 Å². The van der Waals surface area contributed by atoms with E-state index in [0.717, 1.165) is 113 Å². The normalized spacial score (nSPS) is 18.7. The van der Waals surface area contributed by atoms with Crippen LogP contribution in [0.4, 0.5) is 0 Å². The van der Waals surface area contributed by atoms with Gasteiger partial charge in [-0.05, 0) is 111 Å². The minimum Gasteiger partial charge on any atom is -0.657 e. The van der Waals surface area contributed by atoms with E-state index in [2.05, 4.69) is 138 Å². The molecule has 7 nitrogen and oxygen atoms in total. The van der Waals surface area contributed by atoms with Gasteiger partial charge < -0.3 is 9.97 Å². The monoisotopic (exact) mass is 767 g/mol. The molecule has 9 rings (SSSR count). The molecule has 0 N–H and O–H groups in total. The molecule has 0 spiro atoms. The number of nitrogens with zero attached hydrogens (tertiary/aromatic N) is 7. The average Bonchev–Trinajstić information content (AvgIpc) is 4.07. The average molecular weight is 768 g/mol. The molecule has 0 amide bonds. The number of rotatable bonds is 7. The zero-order chi connectivity index (χ0) is 36.6. The largest absolute Gasteiger partial charge is 2.00 e. The molecule has 0 aliphatic carbocycles. The van der Waals surface area contributed by atoms with Crippen molar-refractivity contribution in [2.24, 2.45) is 0 Å². The van der Waals surface area contributed by atoms with Crippen molar-refractivity contribution in [3.63, 3.8) is 0 Å². The molecule has 2 atom stereocenters. The molecule has 0 saturated carbocycles. The van der Waals surface area contributed by atoms with Gasteiger partial charge in [0.05, 0.1) is 28.3 Å². The number of hydrogen-bond acceptors (Lipinski definition) is 4. The van der Waals surface area contributed by atoms with Gasteiger partial charge in [-0.15, -0.1) is 22.1 Å². The van der Waals surface area contributed by atoms with Crippen LogP contribution < -0.4 is 14.5 Å². The first-order valence-corrected chi connectivity index (χ1v) is 20.2. The van der Waals surface area contributed by atoms with Gasteiger partial charge in [-0.3, -0.25) is 9.80 Å². The van der Waals surface area contributed by atoms with Crippen molar-refractivity contribution in [2.45, 2.75) is 77.9 Å². The fourth-order valence-corrected chi connectivity index (χ4v) is 9.35. The summed E-state index contributed by atoms with van der Waals surface area (Å²) in [6.07, 6.45) is 18.1. The zero-order valence-electron chi connectivity index (χ0n) is 32.3. The van der Waals surface area contributed by atoms with E-state index in [0.29, 0.717) is 0 Å². The Morgan fingerprint density at radius 3 is 1.67 bits per heavy atom. The van der Waals surface area contributed by atoms with Gasteiger partial charge in [0, 0.05) is 24.2 Å². The third-order valence-corrected chi connectivity index (χ3v) is 12.0. The maximum absolute atomic E-state index is 5.61. The Bertz CT molecular complexity index is 2410. The van der Waals surface area contributed by atoms with Crippen LogP contribution >= 0.6 is 0 Å². The summed E-state index contributed by atoms with van der Waals surface area (Å²) in [6.45, 7) is 11.8. The van der Waals surface area contributed by atoms with Crippen molar-refractivity contribution in [3.8, 4) is 22.4 Å². The van der Waals surface area contributed by atoms with Crippen LogP contribution in [0.2, 0.25) is 0 Å². The fourth-order valence-electron chi connectivity index (χ4n) is 9.35. The predicted molar refractivity (Wildman–Crippen MR) is 221 cm³/mol. The second-order valence-corrected chi connectivity index (χ2v) is 15.0. The standard InChI is InChI=1S/C47H50N7.Mn/c1-4-52-29-13-10-18-41(52)45-35-23-21-33(48-35)44(32-16-8-7-9-17-32)34-22-24-36(49-34)46(42-19-11-14-30-53(42)5-2)38-26-28-40(51-38)47(39-27-25-37(45)50-39)43-20-12-15-31-54(43)6-3;/h7-10,13,16-18,21-29,42-43H,4-6,11-12,14-15,19-20,30-31H2,1-3H3;/q-1;+2. The Balaban J connectivity index is 0.00000427. The van der Waals surface area contributed by atoms with Crippen LogP contribution in [0.15, 0.2) is 79.0 Å². The van der Waals surface area contributed by atoms with E-state index in [1.165, 1.54) is 36.8 Å². The molecule has 8 heterocycles. The fraction of sp³-hybridized carbons (Fsp3) is 0.340. The molecule has 1 radical (unpaired) electrons. The van der Waals surface area contributed by atoms with Crippen molar-refractivity contribution < 1.29 is 21.6 Å². The topological polar surface area (TPSA) is 64.3 Å². The minimum atomic E-state index is 0. The number of aromatic nitrogens is 5. The van der Waals surface area contributed by atoms with Gasteiger partial charge in [-0.2, -0.15) is 4.57 Å². The summed E-state index contributed by atoms with van der Waals surface area (Å²) in [5.74, 6) is 0. The molecule has 279 valence electrons. The quantitative estimate of drug-likeness (QED) is 0.119. The first-order chi connectivity index (χ1) is 26.6. The van der Waals surface area contributed by atoms with Crippen LogP contribution in [0.3, 0.4) is 0 Å². The van der Waals surface area contributed by atoms with Crippen LogP contribution in [0, 0.1) is 0 Å². The van der Waals surface area contributed by atoms with Crippen molar-refractivity contribution in [1.29, 1.82) is 0 Å². The molecule has 4 aromatic heterocycles. The Morgan fingerprint density at radius 1 is 0.582 bits per heavy atom. The first kappa shape index (κ1) is 37.3. The van der Waals surface area contributed by atoms with Crippen molar-refractivity contribution in [3.05, 3.63) is 113 Å². The number of aryl methyl sites for hydroxylation is 1. The van der Waals surface area contributed by atoms with E-state index in [-0.39, 0.29) is 29.2 Å². The van der Waals surface area contributed by atoms with Crippen LogP contribution in [0.1, 0.15) is 105 Å². The number of piperidine rings is 2. The second-order valence-electron chi connectivity index (χ2n) is 15.0. The number of fused-ring (bicyclic) bond motifs is 8. The Hall–Kier alpha value is -4.59. The molecule has 1 aromatic carbocycles. The number of likely N-dealkylation sites (tertiary alicyclic amines) is 2. The number of pyridine rings is 1. The molecular weight excluding hydrogens is 718 g/mol. The molecule has 2 fully saturated rings. The maximum Gasteiger partial charge on any atom is 2.00 e. The third kappa shape index (κ3) is 6.95. The van der Waals surface area contributed by atoms with Crippen LogP contribution in [-0.4, -0.2) is 45.9 Å². The van der Waals surface area contributed by atoms with E-state index >= 15 is 0 Å². The zero-order valence-corrected chi connectivity index (χ0v) is 33.4. The van der Waals surface area contributed by atoms with Gasteiger partial charge >= 0.3 is 17.1 Å². The second kappa shape index (κ2) is 16.3. The van der Waals surface area contributed by atoms with E-state index in [1.807, 2.05) is 0 Å². The van der Waals surface area contributed by atoms with E-state index in [9.17, 15) is 0 Å². The SMILES string of the molecule is CCN1CCCCC1c1c2nc(c(C3CCCCN3CC)c3ccc([n-]3)c(-c3cccc[n+]3CC)c3nc(c(-c4ccccc4)c4ccc1[n-]4)C=C3)C=C2.[Mn+2].